The van der Waals surface area contributed by atoms with Crippen molar-refractivity contribution < 1.29 is 18.7 Å². The van der Waals surface area contributed by atoms with Gasteiger partial charge in [0.25, 0.3) is 5.91 Å². The molecule has 1 aromatic carbocycles. The Kier molecular flexibility index (Phi) is 3.25. The third-order valence-electron chi connectivity index (χ3n) is 2.36. The number of hydrogen-bond donors (Lipinski definition) is 1. The number of rotatable bonds is 3. The van der Waals surface area contributed by atoms with Crippen LogP contribution in [0.2, 0.25) is 5.02 Å². The van der Waals surface area contributed by atoms with Crippen molar-refractivity contribution in [3.05, 3.63) is 35.0 Å². The summed E-state index contributed by atoms with van der Waals surface area (Å²) in [6.45, 7) is 1.39. The minimum Gasteiger partial charge on any atom is -0.449 e. The van der Waals surface area contributed by atoms with Crippen LogP contribution < -0.4 is 5.73 Å². The molecule has 1 aromatic heterocycles. The number of primary amides is 1. The molecule has 0 bridgehead atoms. The van der Waals surface area contributed by atoms with Crippen LogP contribution in [0.15, 0.2) is 28.7 Å². The van der Waals surface area contributed by atoms with Gasteiger partial charge in [-0.25, -0.2) is 4.79 Å². The minimum atomic E-state index is -1.01. The molecule has 5 nitrogen and oxygen atoms in total. The Labute approximate surface area is 107 Å². The minimum absolute atomic E-state index is 0.000340. The van der Waals surface area contributed by atoms with E-state index in [-0.39, 0.29) is 5.76 Å². The first-order valence-electron chi connectivity index (χ1n) is 5.17. The van der Waals surface area contributed by atoms with Crippen molar-refractivity contribution in [2.45, 2.75) is 13.0 Å². The predicted octanol–water partition coefficient (Wildman–Crippen LogP) is 2.12. The van der Waals surface area contributed by atoms with E-state index >= 15 is 0 Å². The number of halogens is 1. The molecule has 6 heteroatoms. The molecule has 2 N–H and O–H groups in total. The quantitative estimate of drug-likeness (QED) is 0.864. The smallest absolute Gasteiger partial charge is 0.375 e. The van der Waals surface area contributed by atoms with E-state index in [1.807, 2.05) is 0 Å². The molecule has 18 heavy (non-hydrogen) atoms. The fraction of sp³-hybridized carbons (Fsp3) is 0.167. The van der Waals surface area contributed by atoms with Crippen LogP contribution in [0.1, 0.15) is 17.5 Å². The first kappa shape index (κ1) is 12.4. The molecular weight excluding hydrogens is 258 g/mol. The van der Waals surface area contributed by atoms with Crippen LogP contribution >= 0.6 is 11.6 Å². The number of esters is 1. The van der Waals surface area contributed by atoms with Crippen LogP contribution in [0, 0.1) is 0 Å². The number of carbonyl (C=O) groups is 2. The Bertz CT molecular complexity index is 620. The van der Waals surface area contributed by atoms with Crippen LogP contribution in [0.4, 0.5) is 0 Å². The topological polar surface area (TPSA) is 82.5 Å². The van der Waals surface area contributed by atoms with E-state index in [2.05, 4.69) is 0 Å². The van der Waals surface area contributed by atoms with E-state index in [0.717, 1.165) is 0 Å². The fourth-order valence-electron chi connectivity index (χ4n) is 1.39. The Hall–Kier alpha value is -2.01. The zero-order valence-electron chi connectivity index (χ0n) is 9.48. The highest BCUT2D eigenvalue weighted by atomic mass is 35.5. The highest BCUT2D eigenvalue weighted by Gasteiger charge is 2.19. The average Bonchev–Trinajstić information content (AvgIpc) is 2.71. The zero-order valence-corrected chi connectivity index (χ0v) is 10.2. The second kappa shape index (κ2) is 4.70. The third-order valence-corrected chi connectivity index (χ3v) is 2.60. The van der Waals surface area contributed by atoms with Gasteiger partial charge < -0.3 is 14.9 Å². The van der Waals surface area contributed by atoms with Gasteiger partial charge in [0.2, 0.25) is 5.76 Å². The molecule has 0 saturated heterocycles. The highest BCUT2D eigenvalue weighted by Crippen LogP contribution is 2.23. The summed E-state index contributed by atoms with van der Waals surface area (Å²) in [5.41, 5.74) is 5.51. The van der Waals surface area contributed by atoms with Gasteiger partial charge in [-0.3, -0.25) is 4.79 Å². The van der Waals surface area contributed by atoms with Gasteiger partial charge in [0.1, 0.15) is 5.58 Å². The number of amides is 1. The van der Waals surface area contributed by atoms with Crippen LogP contribution in [-0.2, 0) is 9.53 Å². The molecule has 2 rings (SSSR count). The summed E-state index contributed by atoms with van der Waals surface area (Å²) >= 11 is 5.81. The summed E-state index contributed by atoms with van der Waals surface area (Å²) < 4.78 is 10.1. The van der Waals surface area contributed by atoms with Gasteiger partial charge in [-0.2, -0.15) is 0 Å². The first-order chi connectivity index (χ1) is 8.47. The lowest BCUT2D eigenvalue weighted by Crippen LogP contribution is -2.30. The molecular formula is C12H10ClNO4. The van der Waals surface area contributed by atoms with E-state index in [1.54, 1.807) is 18.2 Å². The van der Waals surface area contributed by atoms with Crippen molar-refractivity contribution in [1.29, 1.82) is 0 Å². The summed E-state index contributed by atoms with van der Waals surface area (Å²) in [4.78, 5) is 22.4. The Morgan fingerprint density at radius 3 is 2.78 bits per heavy atom. The summed E-state index contributed by atoms with van der Waals surface area (Å²) in [5.74, 6) is -1.46. The molecule has 0 aliphatic carbocycles. The second-order valence-corrected chi connectivity index (χ2v) is 4.18. The number of furan rings is 1. The van der Waals surface area contributed by atoms with E-state index in [9.17, 15) is 9.59 Å². The maximum atomic E-state index is 11.7. The van der Waals surface area contributed by atoms with Crippen LogP contribution in [0.3, 0.4) is 0 Å². The van der Waals surface area contributed by atoms with Crippen LogP contribution in [-0.4, -0.2) is 18.0 Å². The molecule has 1 heterocycles. The molecule has 0 saturated carbocycles. The second-order valence-electron chi connectivity index (χ2n) is 3.74. The van der Waals surface area contributed by atoms with Crippen molar-refractivity contribution in [3.63, 3.8) is 0 Å². The molecule has 1 amide bonds. The number of fused-ring (bicyclic) bond motifs is 1. The van der Waals surface area contributed by atoms with Crippen molar-refractivity contribution in [2.24, 2.45) is 5.73 Å². The Morgan fingerprint density at radius 2 is 2.11 bits per heavy atom. The van der Waals surface area contributed by atoms with E-state index in [1.165, 1.54) is 13.0 Å². The summed E-state index contributed by atoms with van der Waals surface area (Å²) in [7, 11) is 0. The predicted molar refractivity (Wildman–Crippen MR) is 65.3 cm³/mol. The van der Waals surface area contributed by atoms with Gasteiger partial charge in [0.15, 0.2) is 6.10 Å². The molecule has 0 aliphatic rings. The van der Waals surface area contributed by atoms with Gasteiger partial charge in [0, 0.05) is 10.4 Å². The van der Waals surface area contributed by atoms with Gasteiger partial charge >= 0.3 is 5.97 Å². The molecule has 2 aromatic rings. The number of carbonyl (C=O) groups excluding carboxylic acids is 2. The average molecular weight is 268 g/mol. The van der Waals surface area contributed by atoms with E-state index < -0.39 is 18.0 Å². The lowest BCUT2D eigenvalue weighted by Gasteiger charge is -2.07. The zero-order chi connectivity index (χ0) is 13.3. The van der Waals surface area contributed by atoms with Gasteiger partial charge in [-0.1, -0.05) is 11.6 Å². The summed E-state index contributed by atoms with van der Waals surface area (Å²) in [6, 6.07) is 6.45. The molecule has 94 valence electrons. The van der Waals surface area contributed by atoms with Crippen molar-refractivity contribution >= 4 is 34.4 Å². The molecule has 0 spiro atoms. The Balaban J connectivity index is 2.26. The maximum absolute atomic E-state index is 11.7. The number of nitrogens with two attached hydrogens (primary N) is 1. The van der Waals surface area contributed by atoms with Crippen LogP contribution in [0.25, 0.3) is 11.0 Å². The fourth-order valence-corrected chi connectivity index (χ4v) is 1.57. The number of benzene rings is 1. The van der Waals surface area contributed by atoms with Gasteiger partial charge in [0.05, 0.1) is 0 Å². The SMILES string of the molecule is C[C@H](OC(=O)c1cc2cc(Cl)ccc2o1)C(N)=O. The highest BCUT2D eigenvalue weighted by molar-refractivity contribution is 6.31. The molecule has 0 unspecified atom stereocenters. The van der Waals surface area contributed by atoms with Crippen LogP contribution in [0.5, 0.6) is 0 Å². The third kappa shape index (κ3) is 2.46. The van der Waals surface area contributed by atoms with E-state index in [0.29, 0.717) is 16.0 Å². The monoisotopic (exact) mass is 267 g/mol. The molecule has 0 radical (unpaired) electrons. The largest absolute Gasteiger partial charge is 0.449 e. The standard InChI is InChI=1S/C12H10ClNO4/c1-6(11(14)15)17-12(16)10-5-7-4-8(13)2-3-9(7)18-10/h2-6H,1H3,(H2,14,15)/t6-/m0/s1. The van der Waals surface area contributed by atoms with Crippen molar-refractivity contribution in [1.82, 2.24) is 0 Å². The first-order valence-corrected chi connectivity index (χ1v) is 5.54. The van der Waals surface area contributed by atoms with E-state index in [4.69, 9.17) is 26.5 Å². The maximum Gasteiger partial charge on any atom is 0.375 e. The lowest BCUT2D eigenvalue weighted by molar-refractivity contribution is -0.125. The molecule has 0 aliphatic heterocycles. The summed E-state index contributed by atoms with van der Waals surface area (Å²) in [6.07, 6.45) is -1.01. The van der Waals surface area contributed by atoms with Crippen molar-refractivity contribution in [3.8, 4) is 0 Å². The molecule has 0 fully saturated rings. The van der Waals surface area contributed by atoms with Gasteiger partial charge in [-0.05, 0) is 31.2 Å². The van der Waals surface area contributed by atoms with Gasteiger partial charge in [-0.15, -0.1) is 0 Å². The lowest BCUT2D eigenvalue weighted by atomic mass is 10.2. The molecule has 1 atom stereocenters. The summed E-state index contributed by atoms with van der Waals surface area (Å²) in [5, 5.41) is 1.22. The number of hydrogen-bond acceptors (Lipinski definition) is 4. The number of ether oxygens (including phenoxy) is 1. The van der Waals surface area contributed by atoms with Crippen molar-refractivity contribution in [2.75, 3.05) is 0 Å². The Morgan fingerprint density at radius 1 is 1.39 bits per heavy atom. The normalized spacial score (nSPS) is 12.3.